The number of para-hydroxylation sites is 1. The van der Waals surface area contributed by atoms with E-state index in [1.807, 2.05) is 36.4 Å². The molecule has 0 N–H and O–H groups in total. The summed E-state index contributed by atoms with van der Waals surface area (Å²) in [5.74, 6) is 0.947. The van der Waals surface area contributed by atoms with Gasteiger partial charge in [-0.25, -0.2) is 8.42 Å². The molecule has 0 saturated carbocycles. The van der Waals surface area contributed by atoms with E-state index in [4.69, 9.17) is 9.15 Å². The second kappa shape index (κ2) is 9.75. The van der Waals surface area contributed by atoms with Gasteiger partial charge in [-0.1, -0.05) is 18.2 Å². The van der Waals surface area contributed by atoms with Crippen LogP contribution in [0.4, 0.5) is 5.69 Å². The summed E-state index contributed by atoms with van der Waals surface area (Å²) in [6.45, 7) is 3.66. The van der Waals surface area contributed by atoms with Crippen molar-refractivity contribution in [3.63, 3.8) is 0 Å². The van der Waals surface area contributed by atoms with Crippen molar-refractivity contribution in [1.82, 2.24) is 9.80 Å². The van der Waals surface area contributed by atoms with Gasteiger partial charge in [-0.3, -0.25) is 14.0 Å². The lowest BCUT2D eigenvalue weighted by molar-refractivity contribution is 0.0620. The number of carbonyl (C=O) groups excluding carboxylic acids is 1. The molecule has 9 heteroatoms. The molecule has 0 aliphatic carbocycles. The maximum Gasteiger partial charge on any atom is 0.268 e. The minimum absolute atomic E-state index is 0.0130. The molecule has 0 radical (unpaired) electrons. The molecule has 0 bridgehead atoms. The largest absolute Gasteiger partial charge is 0.495 e. The number of amides is 1. The molecule has 3 heterocycles. The summed E-state index contributed by atoms with van der Waals surface area (Å²) >= 11 is 0. The number of fused-ring (bicyclic) bond motifs is 1. The van der Waals surface area contributed by atoms with E-state index in [1.54, 1.807) is 23.3 Å². The molecule has 1 aromatic heterocycles. The van der Waals surface area contributed by atoms with Gasteiger partial charge in [0.25, 0.3) is 15.9 Å². The van der Waals surface area contributed by atoms with Crippen LogP contribution < -0.4 is 9.04 Å². The Kier molecular flexibility index (Phi) is 6.53. The highest BCUT2D eigenvalue weighted by molar-refractivity contribution is 7.93. The zero-order valence-electron chi connectivity index (χ0n) is 19.7. The summed E-state index contributed by atoms with van der Waals surface area (Å²) in [7, 11) is -2.48. The summed E-state index contributed by atoms with van der Waals surface area (Å²) < 4.78 is 39.8. The first kappa shape index (κ1) is 23.4. The highest BCUT2D eigenvalue weighted by Crippen LogP contribution is 2.35. The normalized spacial score (nSPS) is 16.7. The zero-order chi connectivity index (χ0) is 24.4. The molecule has 2 aliphatic heterocycles. The second-order valence-corrected chi connectivity index (χ2v) is 10.7. The number of hydrogen-bond donors (Lipinski definition) is 0. The number of piperazine rings is 1. The molecule has 1 amide bonds. The monoisotopic (exact) mass is 495 g/mol. The van der Waals surface area contributed by atoms with Crippen LogP contribution in [0.2, 0.25) is 0 Å². The molecule has 2 aromatic carbocycles. The number of aryl methyl sites for hydroxylation is 1. The number of ether oxygens (including phenoxy) is 1. The van der Waals surface area contributed by atoms with E-state index in [9.17, 15) is 13.2 Å². The fourth-order valence-electron chi connectivity index (χ4n) is 4.79. The topological polar surface area (TPSA) is 83.3 Å². The van der Waals surface area contributed by atoms with E-state index < -0.39 is 10.0 Å². The van der Waals surface area contributed by atoms with Crippen molar-refractivity contribution in [2.75, 3.05) is 44.1 Å². The van der Waals surface area contributed by atoms with Crippen molar-refractivity contribution in [1.29, 1.82) is 0 Å². The molecule has 1 fully saturated rings. The third-order valence-electron chi connectivity index (χ3n) is 6.67. The van der Waals surface area contributed by atoms with Crippen LogP contribution in [-0.2, 0) is 23.0 Å². The maximum absolute atomic E-state index is 13.8. The predicted molar refractivity (Wildman–Crippen MR) is 132 cm³/mol. The lowest BCUT2D eigenvalue weighted by Crippen LogP contribution is -2.48. The molecule has 1 saturated heterocycles. The van der Waals surface area contributed by atoms with Crippen LogP contribution >= 0.6 is 0 Å². The van der Waals surface area contributed by atoms with E-state index in [-0.39, 0.29) is 16.6 Å². The quantitative estimate of drug-likeness (QED) is 0.521. The lowest BCUT2D eigenvalue weighted by atomic mass is 10.0. The Morgan fingerprint density at radius 2 is 1.80 bits per heavy atom. The van der Waals surface area contributed by atoms with Crippen molar-refractivity contribution >= 4 is 21.6 Å². The second-order valence-electron chi connectivity index (χ2n) is 8.82. The van der Waals surface area contributed by atoms with E-state index in [0.717, 1.165) is 37.3 Å². The summed E-state index contributed by atoms with van der Waals surface area (Å²) in [5.41, 5.74) is 2.03. The Morgan fingerprint density at radius 3 is 2.54 bits per heavy atom. The Morgan fingerprint density at radius 1 is 1.00 bits per heavy atom. The third-order valence-corrected chi connectivity index (χ3v) is 8.50. The number of anilines is 1. The van der Waals surface area contributed by atoms with E-state index >= 15 is 0 Å². The van der Waals surface area contributed by atoms with Crippen LogP contribution in [0.15, 0.2) is 70.2 Å². The highest BCUT2D eigenvalue weighted by Gasteiger charge is 2.33. The third kappa shape index (κ3) is 4.66. The van der Waals surface area contributed by atoms with Gasteiger partial charge in [-0.05, 0) is 54.8 Å². The predicted octanol–water partition coefficient (Wildman–Crippen LogP) is 3.39. The lowest BCUT2D eigenvalue weighted by Gasteiger charge is -2.34. The molecule has 0 unspecified atom stereocenters. The minimum atomic E-state index is -3.92. The van der Waals surface area contributed by atoms with Crippen molar-refractivity contribution in [3.8, 4) is 5.75 Å². The van der Waals surface area contributed by atoms with Gasteiger partial charge in [0.05, 0.1) is 25.6 Å². The zero-order valence-corrected chi connectivity index (χ0v) is 20.5. The SMILES string of the molecule is COc1ccc(C(=O)N2CCN(Cc3ccco3)CC2)cc1S(=O)(=O)N1CCCc2ccccc21. The van der Waals surface area contributed by atoms with Crippen molar-refractivity contribution in [2.24, 2.45) is 0 Å². The highest BCUT2D eigenvalue weighted by atomic mass is 32.2. The fraction of sp³-hybridized carbons (Fsp3) is 0.346. The molecule has 5 rings (SSSR count). The van der Waals surface area contributed by atoms with Gasteiger partial charge < -0.3 is 14.1 Å². The van der Waals surface area contributed by atoms with Crippen LogP contribution in [0.25, 0.3) is 0 Å². The van der Waals surface area contributed by atoms with E-state index in [2.05, 4.69) is 4.90 Å². The smallest absolute Gasteiger partial charge is 0.268 e. The minimum Gasteiger partial charge on any atom is -0.495 e. The Balaban J connectivity index is 1.37. The average Bonchev–Trinajstić information content (AvgIpc) is 3.41. The maximum atomic E-state index is 13.8. The Bertz CT molecular complexity index is 1300. The first-order valence-electron chi connectivity index (χ1n) is 11.8. The molecule has 0 atom stereocenters. The van der Waals surface area contributed by atoms with Gasteiger partial charge >= 0.3 is 0 Å². The van der Waals surface area contributed by atoms with Gasteiger partial charge in [0.2, 0.25) is 0 Å². The fourth-order valence-corrected chi connectivity index (χ4v) is 6.52. The van der Waals surface area contributed by atoms with Crippen LogP contribution in [0.1, 0.15) is 28.1 Å². The van der Waals surface area contributed by atoms with Crippen molar-refractivity contribution < 1.29 is 22.4 Å². The first-order chi connectivity index (χ1) is 17.0. The number of nitrogens with zero attached hydrogens (tertiary/aromatic N) is 3. The van der Waals surface area contributed by atoms with Gasteiger partial charge in [0, 0.05) is 38.3 Å². The molecule has 35 heavy (non-hydrogen) atoms. The number of methoxy groups -OCH3 is 1. The molecular weight excluding hydrogens is 466 g/mol. The van der Waals surface area contributed by atoms with Crippen LogP contribution in [0.5, 0.6) is 5.75 Å². The first-order valence-corrected chi connectivity index (χ1v) is 13.2. The van der Waals surface area contributed by atoms with Gasteiger partial charge in [-0.15, -0.1) is 0 Å². The average molecular weight is 496 g/mol. The molecule has 184 valence electrons. The van der Waals surface area contributed by atoms with Crippen LogP contribution in [-0.4, -0.2) is 64.0 Å². The molecular formula is C26H29N3O5S. The molecule has 2 aliphatic rings. The Hall–Kier alpha value is -3.30. The number of rotatable bonds is 6. The summed E-state index contributed by atoms with van der Waals surface area (Å²) in [6, 6.07) is 16.0. The van der Waals surface area contributed by atoms with Gasteiger partial charge in [0.1, 0.15) is 16.4 Å². The van der Waals surface area contributed by atoms with E-state index in [1.165, 1.54) is 17.5 Å². The number of sulfonamides is 1. The number of furan rings is 1. The van der Waals surface area contributed by atoms with E-state index in [0.29, 0.717) is 37.4 Å². The van der Waals surface area contributed by atoms with Crippen molar-refractivity contribution in [2.45, 2.75) is 24.3 Å². The molecule has 3 aromatic rings. The van der Waals surface area contributed by atoms with Gasteiger partial charge in [-0.2, -0.15) is 0 Å². The van der Waals surface area contributed by atoms with Crippen LogP contribution in [0.3, 0.4) is 0 Å². The van der Waals surface area contributed by atoms with Crippen molar-refractivity contribution in [3.05, 3.63) is 77.7 Å². The van der Waals surface area contributed by atoms with Crippen LogP contribution in [0, 0.1) is 0 Å². The number of benzene rings is 2. The standard InChI is InChI=1S/C26H29N3O5S/c1-33-24-11-10-21(26(30)28-15-13-27(14-16-28)19-22-8-5-17-34-22)18-25(24)35(31,32)29-12-4-7-20-6-2-3-9-23(20)29/h2-3,5-6,8-11,17-18H,4,7,12-16,19H2,1H3. The summed E-state index contributed by atoms with van der Waals surface area (Å²) in [4.78, 5) is 17.3. The molecule has 0 spiro atoms. The molecule has 8 nitrogen and oxygen atoms in total. The van der Waals surface area contributed by atoms with Gasteiger partial charge in [0.15, 0.2) is 0 Å². The summed E-state index contributed by atoms with van der Waals surface area (Å²) in [5, 5.41) is 0. The number of hydrogen-bond acceptors (Lipinski definition) is 6. The Labute approximate surface area is 205 Å². The number of carbonyl (C=O) groups is 1. The summed E-state index contributed by atoms with van der Waals surface area (Å²) in [6.07, 6.45) is 3.23.